The largest absolute Gasteiger partial charge is 0.472 e. The van der Waals surface area contributed by atoms with Crippen molar-refractivity contribution >= 4 is 28.4 Å². The number of rotatable bonds is 3. The molecule has 0 bridgehead atoms. The van der Waals surface area contributed by atoms with Gasteiger partial charge in [-0.2, -0.15) is 0 Å². The molecule has 16 heavy (non-hydrogen) atoms. The van der Waals surface area contributed by atoms with Crippen LogP contribution in [0.15, 0.2) is 23.0 Å². The molecular formula is C10H10IN3O2. The number of aromatic nitrogens is 2. The molecule has 84 valence electrons. The lowest BCUT2D eigenvalue weighted by atomic mass is 10.3. The number of ether oxygens (including phenoxy) is 1. The van der Waals surface area contributed by atoms with Crippen LogP contribution in [0, 0.1) is 3.57 Å². The van der Waals surface area contributed by atoms with Crippen molar-refractivity contribution in [1.29, 1.82) is 0 Å². The quantitative estimate of drug-likeness (QED) is 0.872. The van der Waals surface area contributed by atoms with Crippen molar-refractivity contribution < 1.29 is 9.15 Å². The lowest BCUT2D eigenvalue weighted by molar-refractivity contribution is 0.181. The van der Waals surface area contributed by atoms with Crippen LogP contribution in [0.2, 0.25) is 0 Å². The van der Waals surface area contributed by atoms with Crippen molar-refractivity contribution in [3.63, 3.8) is 0 Å². The second-order valence-corrected chi connectivity index (χ2v) is 4.22. The fourth-order valence-corrected chi connectivity index (χ4v) is 1.66. The number of furan rings is 1. The Morgan fingerprint density at radius 1 is 1.50 bits per heavy atom. The zero-order valence-corrected chi connectivity index (χ0v) is 10.8. The van der Waals surface area contributed by atoms with Gasteiger partial charge in [0.15, 0.2) is 5.82 Å². The number of hydrogen-bond acceptors (Lipinski definition) is 5. The molecule has 2 N–H and O–H groups in total. The first kappa shape index (κ1) is 11.3. The molecule has 2 aromatic rings. The molecule has 2 heterocycles. The van der Waals surface area contributed by atoms with Crippen molar-refractivity contribution in [2.24, 2.45) is 0 Å². The third-order valence-electron chi connectivity index (χ3n) is 2.01. The highest BCUT2D eigenvalue weighted by Gasteiger charge is 2.11. The summed E-state index contributed by atoms with van der Waals surface area (Å²) in [7, 11) is 1.62. The van der Waals surface area contributed by atoms with E-state index >= 15 is 0 Å². The molecule has 0 atom stereocenters. The molecule has 0 spiro atoms. The third-order valence-corrected chi connectivity index (χ3v) is 3.18. The Hall–Kier alpha value is -1.15. The fourth-order valence-electron chi connectivity index (χ4n) is 1.27. The van der Waals surface area contributed by atoms with Crippen LogP contribution in [-0.4, -0.2) is 17.1 Å². The van der Waals surface area contributed by atoms with Crippen LogP contribution in [0.5, 0.6) is 0 Å². The topological polar surface area (TPSA) is 74.2 Å². The van der Waals surface area contributed by atoms with Crippen LogP contribution in [0.4, 0.5) is 5.82 Å². The van der Waals surface area contributed by atoms with Crippen molar-refractivity contribution in [2.45, 2.75) is 6.61 Å². The molecule has 0 amide bonds. The van der Waals surface area contributed by atoms with Gasteiger partial charge < -0.3 is 14.9 Å². The Kier molecular flexibility index (Phi) is 3.39. The van der Waals surface area contributed by atoms with E-state index in [9.17, 15) is 0 Å². The van der Waals surface area contributed by atoms with Crippen LogP contribution < -0.4 is 5.73 Å². The number of anilines is 1. The van der Waals surface area contributed by atoms with Gasteiger partial charge in [-0.05, 0) is 28.7 Å². The van der Waals surface area contributed by atoms with Gasteiger partial charge in [0.1, 0.15) is 12.1 Å². The van der Waals surface area contributed by atoms with Gasteiger partial charge in [-0.25, -0.2) is 9.97 Å². The predicted molar refractivity (Wildman–Crippen MR) is 67.6 cm³/mol. The summed E-state index contributed by atoms with van der Waals surface area (Å²) in [4.78, 5) is 8.58. The molecule has 2 aromatic heterocycles. The average Bonchev–Trinajstić information content (AvgIpc) is 2.78. The number of nitrogen functional groups attached to an aromatic ring is 1. The Balaban J connectivity index is 2.48. The Morgan fingerprint density at radius 2 is 2.31 bits per heavy atom. The first-order chi connectivity index (χ1) is 7.72. The molecule has 0 aliphatic rings. The van der Waals surface area contributed by atoms with Gasteiger partial charge in [-0.3, -0.25) is 0 Å². The number of nitrogens with zero attached hydrogens (tertiary/aromatic N) is 2. The summed E-state index contributed by atoms with van der Waals surface area (Å²) in [5.41, 5.74) is 7.40. The zero-order chi connectivity index (χ0) is 11.5. The lowest BCUT2D eigenvalue weighted by Crippen LogP contribution is -2.05. The summed E-state index contributed by atoms with van der Waals surface area (Å²) in [5.74, 6) is 1.01. The highest BCUT2D eigenvalue weighted by molar-refractivity contribution is 14.1. The molecule has 0 radical (unpaired) electrons. The van der Waals surface area contributed by atoms with Gasteiger partial charge in [-0.15, -0.1) is 0 Å². The van der Waals surface area contributed by atoms with Crippen molar-refractivity contribution in [3.05, 3.63) is 27.9 Å². The standard InChI is InChI=1S/C10H10IN3O2/c1-15-5-7-8(11)9(12)14-10(13-7)6-2-3-16-4-6/h2-4H,5H2,1H3,(H2,12,13,14). The van der Waals surface area contributed by atoms with Crippen LogP contribution in [0.1, 0.15) is 5.69 Å². The Morgan fingerprint density at radius 3 is 2.94 bits per heavy atom. The minimum absolute atomic E-state index is 0.413. The normalized spacial score (nSPS) is 10.6. The highest BCUT2D eigenvalue weighted by atomic mass is 127. The summed E-state index contributed by atoms with van der Waals surface area (Å²) in [6.07, 6.45) is 3.15. The molecule has 5 nitrogen and oxygen atoms in total. The highest BCUT2D eigenvalue weighted by Crippen LogP contribution is 2.22. The maximum Gasteiger partial charge on any atom is 0.165 e. The minimum atomic E-state index is 0.413. The van der Waals surface area contributed by atoms with E-state index in [1.54, 1.807) is 25.7 Å². The molecule has 0 aliphatic carbocycles. The Labute approximate surface area is 106 Å². The van der Waals surface area contributed by atoms with E-state index in [1.165, 1.54) is 0 Å². The smallest absolute Gasteiger partial charge is 0.165 e. The van der Waals surface area contributed by atoms with Gasteiger partial charge in [0.05, 0.1) is 27.7 Å². The van der Waals surface area contributed by atoms with E-state index in [1.807, 2.05) is 0 Å². The first-order valence-electron chi connectivity index (χ1n) is 4.55. The summed E-state index contributed by atoms with van der Waals surface area (Å²) in [6.45, 7) is 0.413. The van der Waals surface area contributed by atoms with Crippen molar-refractivity contribution in [3.8, 4) is 11.4 Å². The number of halogens is 1. The molecule has 0 unspecified atom stereocenters. The number of nitrogens with two attached hydrogens (primary N) is 1. The van der Waals surface area contributed by atoms with Crippen LogP contribution in [-0.2, 0) is 11.3 Å². The summed E-state index contributed by atoms with van der Waals surface area (Å²) in [6, 6.07) is 1.79. The van der Waals surface area contributed by atoms with Crippen LogP contribution >= 0.6 is 22.6 Å². The maximum absolute atomic E-state index is 5.81. The van der Waals surface area contributed by atoms with E-state index in [2.05, 4.69) is 32.6 Å². The molecule has 0 saturated carbocycles. The van der Waals surface area contributed by atoms with Gasteiger partial charge in [0.25, 0.3) is 0 Å². The first-order valence-corrected chi connectivity index (χ1v) is 5.63. The van der Waals surface area contributed by atoms with Crippen LogP contribution in [0.25, 0.3) is 11.4 Å². The van der Waals surface area contributed by atoms with Gasteiger partial charge in [-0.1, -0.05) is 0 Å². The molecule has 0 aliphatic heterocycles. The van der Waals surface area contributed by atoms with Gasteiger partial charge >= 0.3 is 0 Å². The lowest BCUT2D eigenvalue weighted by Gasteiger charge is -2.06. The average molecular weight is 331 g/mol. The second-order valence-electron chi connectivity index (χ2n) is 3.14. The van der Waals surface area contributed by atoms with Crippen LogP contribution in [0.3, 0.4) is 0 Å². The van der Waals surface area contributed by atoms with Crippen molar-refractivity contribution in [2.75, 3.05) is 12.8 Å². The van der Waals surface area contributed by atoms with Crippen molar-refractivity contribution in [1.82, 2.24) is 9.97 Å². The summed E-state index contributed by atoms with van der Waals surface area (Å²) < 4.78 is 10.9. The van der Waals surface area contributed by atoms with Gasteiger partial charge in [0, 0.05) is 7.11 Å². The molecule has 2 rings (SSSR count). The SMILES string of the molecule is COCc1nc(-c2ccoc2)nc(N)c1I. The predicted octanol–water partition coefficient (Wildman–Crippen LogP) is 2.07. The molecule has 0 saturated heterocycles. The number of hydrogen-bond donors (Lipinski definition) is 1. The fraction of sp³-hybridized carbons (Fsp3) is 0.200. The van der Waals surface area contributed by atoms with E-state index in [-0.39, 0.29) is 0 Å². The van der Waals surface area contributed by atoms with E-state index in [0.717, 1.165) is 14.8 Å². The van der Waals surface area contributed by atoms with E-state index in [0.29, 0.717) is 18.2 Å². The maximum atomic E-state index is 5.81. The zero-order valence-electron chi connectivity index (χ0n) is 8.61. The molecule has 0 aromatic carbocycles. The molecular weight excluding hydrogens is 321 g/mol. The summed E-state index contributed by atoms with van der Waals surface area (Å²) >= 11 is 2.11. The Bertz CT molecular complexity index is 485. The third kappa shape index (κ3) is 2.17. The van der Waals surface area contributed by atoms with Gasteiger partial charge in [0.2, 0.25) is 0 Å². The molecule has 0 fully saturated rings. The summed E-state index contributed by atoms with van der Waals surface area (Å²) in [5, 5.41) is 0. The minimum Gasteiger partial charge on any atom is -0.472 e. The van der Waals surface area contributed by atoms with E-state index < -0.39 is 0 Å². The second kappa shape index (κ2) is 4.79. The van der Waals surface area contributed by atoms with E-state index in [4.69, 9.17) is 14.9 Å². The number of methoxy groups -OCH3 is 1. The molecule has 6 heteroatoms. The monoisotopic (exact) mass is 331 g/mol.